The SMILES string of the molecule is CCNC(Cc1ncnn1CC(C)C)CN(C)C. The third kappa shape index (κ3) is 5.14. The summed E-state index contributed by atoms with van der Waals surface area (Å²) in [7, 11) is 4.20. The van der Waals surface area contributed by atoms with Crippen molar-refractivity contribution in [3.05, 3.63) is 12.2 Å². The number of likely N-dealkylation sites (N-methyl/N-ethyl adjacent to an activating group) is 2. The van der Waals surface area contributed by atoms with E-state index in [2.05, 4.69) is 55.2 Å². The lowest BCUT2D eigenvalue weighted by Crippen LogP contribution is -2.40. The van der Waals surface area contributed by atoms with Crippen molar-refractivity contribution in [2.24, 2.45) is 5.92 Å². The molecule has 0 aromatic carbocycles. The lowest BCUT2D eigenvalue weighted by Gasteiger charge is -2.21. The second-order valence-corrected chi connectivity index (χ2v) is 5.47. The van der Waals surface area contributed by atoms with Gasteiger partial charge >= 0.3 is 0 Å². The molecule has 5 nitrogen and oxygen atoms in total. The van der Waals surface area contributed by atoms with Crippen LogP contribution in [0.4, 0.5) is 0 Å². The Labute approximate surface area is 111 Å². The van der Waals surface area contributed by atoms with E-state index in [0.717, 1.165) is 31.9 Å². The summed E-state index contributed by atoms with van der Waals surface area (Å²) in [6, 6.07) is 0.431. The van der Waals surface area contributed by atoms with Crippen LogP contribution < -0.4 is 5.32 Å². The maximum atomic E-state index is 4.39. The fraction of sp³-hybridized carbons (Fsp3) is 0.846. The molecule has 0 aliphatic rings. The molecule has 1 aromatic rings. The fourth-order valence-electron chi connectivity index (χ4n) is 2.10. The molecule has 1 heterocycles. The Morgan fingerprint density at radius 1 is 1.39 bits per heavy atom. The van der Waals surface area contributed by atoms with Gasteiger partial charge in [0, 0.05) is 25.6 Å². The van der Waals surface area contributed by atoms with Gasteiger partial charge in [-0.05, 0) is 26.6 Å². The molecule has 5 heteroatoms. The van der Waals surface area contributed by atoms with Gasteiger partial charge in [-0.25, -0.2) is 9.67 Å². The van der Waals surface area contributed by atoms with E-state index in [1.165, 1.54) is 0 Å². The quantitative estimate of drug-likeness (QED) is 0.751. The highest BCUT2D eigenvalue weighted by atomic mass is 15.3. The fourth-order valence-corrected chi connectivity index (χ4v) is 2.10. The van der Waals surface area contributed by atoms with Crippen LogP contribution in [0.5, 0.6) is 0 Å². The normalized spacial score (nSPS) is 13.5. The van der Waals surface area contributed by atoms with Gasteiger partial charge in [-0.3, -0.25) is 0 Å². The molecule has 0 spiro atoms. The largest absolute Gasteiger partial charge is 0.313 e. The van der Waals surface area contributed by atoms with Crippen molar-refractivity contribution in [2.45, 2.75) is 39.8 Å². The Hall–Kier alpha value is -0.940. The highest BCUT2D eigenvalue weighted by molar-refractivity contribution is 4.91. The summed E-state index contributed by atoms with van der Waals surface area (Å²) < 4.78 is 2.03. The highest BCUT2D eigenvalue weighted by Gasteiger charge is 2.14. The van der Waals surface area contributed by atoms with Gasteiger partial charge in [-0.2, -0.15) is 5.10 Å². The van der Waals surface area contributed by atoms with E-state index in [1.807, 2.05) is 4.68 Å². The summed E-state index contributed by atoms with van der Waals surface area (Å²) in [4.78, 5) is 6.60. The Morgan fingerprint density at radius 3 is 2.67 bits per heavy atom. The summed E-state index contributed by atoms with van der Waals surface area (Å²) >= 11 is 0. The molecule has 1 rings (SSSR count). The second-order valence-electron chi connectivity index (χ2n) is 5.47. The van der Waals surface area contributed by atoms with Crippen molar-refractivity contribution in [1.82, 2.24) is 25.0 Å². The Balaban J connectivity index is 2.64. The van der Waals surface area contributed by atoms with Crippen LogP contribution in [0.1, 0.15) is 26.6 Å². The molecule has 0 radical (unpaired) electrons. The first kappa shape index (κ1) is 15.1. The number of aromatic nitrogens is 3. The van der Waals surface area contributed by atoms with E-state index < -0.39 is 0 Å². The average molecular weight is 253 g/mol. The molecule has 0 amide bonds. The molecule has 0 bridgehead atoms. The second kappa shape index (κ2) is 7.48. The van der Waals surface area contributed by atoms with Gasteiger partial charge in [0.05, 0.1) is 0 Å². The lowest BCUT2D eigenvalue weighted by atomic mass is 10.1. The smallest absolute Gasteiger partial charge is 0.138 e. The molecular weight excluding hydrogens is 226 g/mol. The minimum absolute atomic E-state index is 0.431. The Bertz CT molecular complexity index is 332. The zero-order chi connectivity index (χ0) is 13.5. The summed E-state index contributed by atoms with van der Waals surface area (Å²) in [5, 5.41) is 7.82. The van der Waals surface area contributed by atoms with E-state index in [9.17, 15) is 0 Å². The molecule has 0 saturated heterocycles. The number of nitrogens with one attached hydrogen (secondary N) is 1. The summed E-state index contributed by atoms with van der Waals surface area (Å²) in [5.74, 6) is 1.67. The monoisotopic (exact) mass is 253 g/mol. The van der Waals surface area contributed by atoms with Gasteiger partial charge in [0.25, 0.3) is 0 Å². The van der Waals surface area contributed by atoms with Gasteiger partial charge < -0.3 is 10.2 Å². The molecule has 1 unspecified atom stereocenters. The van der Waals surface area contributed by atoms with Gasteiger partial charge in [0.2, 0.25) is 0 Å². The third-order valence-electron chi connectivity index (χ3n) is 2.74. The first-order valence-electron chi connectivity index (χ1n) is 6.77. The molecule has 104 valence electrons. The van der Waals surface area contributed by atoms with E-state index in [4.69, 9.17) is 0 Å². The number of hydrogen-bond donors (Lipinski definition) is 1. The topological polar surface area (TPSA) is 46.0 Å². The van der Waals surface area contributed by atoms with E-state index in [-0.39, 0.29) is 0 Å². The van der Waals surface area contributed by atoms with Crippen LogP contribution in [0.3, 0.4) is 0 Å². The molecule has 1 N–H and O–H groups in total. The molecule has 1 aromatic heterocycles. The Morgan fingerprint density at radius 2 is 2.11 bits per heavy atom. The highest BCUT2D eigenvalue weighted by Crippen LogP contribution is 2.04. The van der Waals surface area contributed by atoms with Crippen molar-refractivity contribution >= 4 is 0 Å². The number of nitrogens with zero attached hydrogens (tertiary/aromatic N) is 4. The van der Waals surface area contributed by atoms with Crippen LogP contribution in [0.2, 0.25) is 0 Å². The predicted octanol–water partition coefficient (Wildman–Crippen LogP) is 1.02. The summed E-state index contributed by atoms with van der Waals surface area (Å²) in [6.45, 7) is 9.48. The molecule has 0 aliphatic heterocycles. The molecule has 0 saturated carbocycles. The van der Waals surface area contributed by atoms with Gasteiger partial charge in [0.15, 0.2) is 0 Å². The van der Waals surface area contributed by atoms with E-state index in [0.29, 0.717) is 12.0 Å². The van der Waals surface area contributed by atoms with Crippen LogP contribution in [0, 0.1) is 5.92 Å². The van der Waals surface area contributed by atoms with Gasteiger partial charge in [-0.15, -0.1) is 0 Å². The van der Waals surface area contributed by atoms with E-state index >= 15 is 0 Å². The molecular formula is C13H27N5. The maximum Gasteiger partial charge on any atom is 0.138 e. The zero-order valence-electron chi connectivity index (χ0n) is 12.3. The molecule has 1 atom stereocenters. The van der Waals surface area contributed by atoms with Crippen molar-refractivity contribution < 1.29 is 0 Å². The maximum absolute atomic E-state index is 4.39. The van der Waals surface area contributed by atoms with Crippen molar-refractivity contribution in [3.8, 4) is 0 Å². The molecule has 18 heavy (non-hydrogen) atoms. The first-order valence-corrected chi connectivity index (χ1v) is 6.77. The standard InChI is InChI=1S/C13H27N5/c1-6-14-12(9-17(4)5)7-13-15-10-16-18(13)8-11(2)3/h10-12,14H,6-9H2,1-5H3. The molecule has 0 aliphatic carbocycles. The minimum atomic E-state index is 0.431. The zero-order valence-corrected chi connectivity index (χ0v) is 12.3. The third-order valence-corrected chi connectivity index (χ3v) is 2.74. The van der Waals surface area contributed by atoms with Crippen molar-refractivity contribution in [1.29, 1.82) is 0 Å². The van der Waals surface area contributed by atoms with Gasteiger partial charge in [-0.1, -0.05) is 20.8 Å². The number of rotatable bonds is 8. The Kier molecular flexibility index (Phi) is 6.29. The van der Waals surface area contributed by atoms with Crippen LogP contribution in [0.15, 0.2) is 6.33 Å². The minimum Gasteiger partial charge on any atom is -0.313 e. The lowest BCUT2D eigenvalue weighted by molar-refractivity contribution is 0.331. The van der Waals surface area contributed by atoms with Crippen LogP contribution in [-0.4, -0.2) is 52.9 Å². The van der Waals surface area contributed by atoms with E-state index in [1.54, 1.807) is 6.33 Å². The van der Waals surface area contributed by atoms with Crippen molar-refractivity contribution in [3.63, 3.8) is 0 Å². The number of hydrogen-bond acceptors (Lipinski definition) is 4. The summed E-state index contributed by atoms with van der Waals surface area (Å²) in [6.07, 6.45) is 2.59. The van der Waals surface area contributed by atoms with Crippen LogP contribution in [0.25, 0.3) is 0 Å². The van der Waals surface area contributed by atoms with Crippen LogP contribution >= 0.6 is 0 Å². The summed E-state index contributed by atoms with van der Waals surface area (Å²) in [5.41, 5.74) is 0. The average Bonchev–Trinajstić information content (AvgIpc) is 2.64. The molecule has 0 fully saturated rings. The predicted molar refractivity (Wildman–Crippen MR) is 74.6 cm³/mol. The first-order chi connectivity index (χ1) is 8.52. The van der Waals surface area contributed by atoms with Crippen molar-refractivity contribution in [2.75, 3.05) is 27.2 Å². The van der Waals surface area contributed by atoms with Gasteiger partial charge in [0.1, 0.15) is 12.2 Å². The van der Waals surface area contributed by atoms with Crippen LogP contribution in [-0.2, 0) is 13.0 Å².